The Hall–Kier alpha value is -7.94. The highest BCUT2D eigenvalue weighted by atomic mass is 15.0. The molecule has 2 aliphatic rings. The maximum Gasteiger partial charge on any atom is 0.0542 e. The van der Waals surface area contributed by atoms with Crippen LogP contribution < -0.4 is 0 Å². The zero-order valence-corrected chi connectivity index (χ0v) is 35.5. The Labute approximate surface area is 372 Å². The van der Waals surface area contributed by atoms with E-state index in [0.29, 0.717) is 0 Å². The molecule has 0 N–H and O–H groups in total. The van der Waals surface area contributed by atoms with Crippen LogP contribution in [0.15, 0.2) is 218 Å². The fourth-order valence-corrected chi connectivity index (χ4v) is 10.5. The van der Waals surface area contributed by atoms with Gasteiger partial charge in [-0.05, 0) is 175 Å². The molecule has 2 aliphatic carbocycles. The monoisotopic (exact) mass is 816 g/mol. The van der Waals surface area contributed by atoms with Gasteiger partial charge in [0, 0.05) is 22.1 Å². The zero-order valence-electron chi connectivity index (χ0n) is 35.5. The van der Waals surface area contributed by atoms with Gasteiger partial charge in [-0.25, -0.2) is 0 Å². The van der Waals surface area contributed by atoms with Gasteiger partial charge in [-0.1, -0.05) is 146 Å². The van der Waals surface area contributed by atoms with Crippen molar-refractivity contribution in [1.82, 2.24) is 9.13 Å². The van der Waals surface area contributed by atoms with Gasteiger partial charge >= 0.3 is 0 Å². The van der Waals surface area contributed by atoms with Crippen LogP contribution in [0.25, 0.3) is 104 Å². The van der Waals surface area contributed by atoms with Crippen molar-refractivity contribution in [3.63, 3.8) is 0 Å². The second-order valence-electron chi connectivity index (χ2n) is 17.6. The number of hydrogen-bond donors (Lipinski definition) is 0. The standard InChI is InChI=1S/C62H44N2/c1-3-11-41(12-4-1)43-19-23-45(24-20-43)59-37-55-39-62-56(40-61(55)63(59)57-29-27-51-31-47-15-7-9-17-49(47)33-53(51)35-57)38-60(46-25-21-44(22-26-46)42-13-5-2-6-14-42)64(62)58-30-28-52-32-48-16-8-10-18-50(48)34-54(52)36-58/h1-5,7-13,15-19,21-23,25-40H,6,14,20,24H2. The van der Waals surface area contributed by atoms with Crippen molar-refractivity contribution in [1.29, 1.82) is 0 Å². The molecule has 302 valence electrons. The molecule has 64 heavy (non-hydrogen) atoms. The van der Waals surface area contributed by atoms with Crippen LogP contribution in [0.5, 0.6) is 0 Å². The van der Waals surface area contributed by atoms with E-state index in [0.717, 1.165) is 31.4 Å². The lowest BCUT2D eigenvalue weighted by atomic mass is 9.92. The van der Waals surface area contributed by atoms with Gasteiger partial charge in [0.05, 0.1) is 22.4 Å². The van der Waals surface area contributed by atoms with E-state index in [1.807, 2.05) is 0 Å². The number of nitrogens with zero attached hydrogens (tertiary/aromatic N) is 2. The number of aromatic nitrogens is 2. The van der Waals surface area contributed by atoms with E-state index in [1.165, 1.54) is 115 Å². The fraction of sp³-hybridized carbons (Fsp3) is 0.0645. The Morgan fingerprint density at radius 1 is 0.297 bits per heavy atom. The first-order chi connectivity index (χ1) is 31.7. The molecule has 0 unspecified atom stereocenters. The van der Waals surface area contributed by atoms with Gasteiger partial charge in [-0.15, -0.1) is 0 Å². The third-order valence-corrected chi connectivity index (χ3v) is 13.8. The molecule has 2 nitrogen and oxygen atoms in total. The molecule has 0 saturated carbocycles. The molecule has 11 aromatic rings. The molecule has 0 spiro atoms. The van der Waals surface area contributed by atoms with E-state index in [4.69, 9.17) is 0 Å². The van der Waals surface area contributed by atoms with Crippen LogP contribution in [0, 0.1) is 0 Å². The highest BCUT2D eigenvalue weighted by Crippen LogP contribution is 2.41. The van der Waals surface area contributed by atoms with Crippen molar-refractivity contribution in [3.05, 3.63) is 235 Å². The van der Waals surface area contributed by atoms with Gasteiger partial charge in [0.1, 0.15) is 0 Å². The predicted molar refractivity (Wildman–Crippen MR) is 274 cm³/mol. The molecule has 2 heterocycles. The Kier molecular flexibility index (Phi) is 8.52. The highest BCUT2D eigenvalue weighted by molar-refractivity contribution is 6.04. The molecule has 13 rings (SSSR count). The summed E-state index contributed by atoms with van der Waals surface area (Å²) in [6.07, 6.45) is 15.6. The topological polar surface area (TPSA) is 9.86 Å². The lowest BCUT2D eigenvalue weighted by Gasteiger charge is -2.18. The predicted octanol–water partition coefficient (Wildman–Crippen LogP) is 16.8. The minimum atomic E-state index is 0.972. The van der Waals surface area contributed by atoms with Crippen LogP contribution in [0.2, 0.25) is 0 Å². The van der Waals surface area contributed by atoms with Crippen molar-refractivity contribution >= 4 is 81.6 Å². The van der Waals surface area contributed by atoms with Crippen LogP contribution in [-0.2, 0) is 0 Å². The van der Waals surface area contributed by atoms with Gasteiger partial charge in [-0.3, -0.25) is 0 Å². The second kappa shape index (κ2) is 14.9. The van der Waals surface area contributed by atoms with Gasteiger partial charge in [-0.2, -0.15) is 0 Å². The van der Waals surface area contributed by atoms with E-state index in [9.17, 15) is 0 Å². The first-order valence-corrected chi connectivity index (χ1v) is 22.7. The molecule has 0 amide bonds. The average molecular weight is 817 g/mol. The van der Waals surface area contributed by atoms with E-state index in [1.54, 1.807) is 0 Å². The summed E-state index contributed by atoms with van der Waals surface area (Å²) in [7, 11) is 0. The molecule has 0 bridgehead atoms. The minimum Gasteiger partial charge on any atom is -0.310 e. The lowest BCUT2D eigenvalue weighted by molar-refractivity contribution is 1.02. The van der Waals surface area contributed by atoms with Crippen LogP contribution >= 0.6 is 0 Å². The van der Waals surface area contributed by atoms with E-state index in [-0.39, 0.29) is 0 Å². The van der Waals surface area contributed by atoms with E-state index >= 15 is 0 Å². The van der Waals surface area contributed by atoms with Gasteiger partial charge in [0.15, 0.2) is 0 Å². The first kappa shape index (κ1) is 36.7. The second-order valence-corrected chi connectivity index (χ2v) is 17.6. The van der Waals surface area contributed by atoms with E-state index in [2.05, 4.69) is 228 Å². The maximum atomic E-state index is 2.52. The number of fused-ring (bicyclic) bond motifs is 6. The van der Waals surface area contributed by atoms with Crippen LogP contribution in [0.3, 0.4) is 0 Å². The van der Waals surface area contributed by atoms with Crippen LogP contribution in [-0.4, -0.2) is 9.13 Å². The summed E-state index contributed by atoms with van der Waals surface area (Å²) in [5.74, 6) is 0. The average Bonchev–Trinajstić information content (AvgIpc) is 3.92. The summed E-state index contributed by atoms with van der Waals surface area (Å²) in [6, 6.07) is 70.5. The smallest absolute Gasteiger partial charge is 0.0542 e. The van der Waals surface area contributed by atoms with Gasteiger partial charge in [0.25, 0.3) is 0 Å². The summed E-state index contributed by atoms with van der Waals surface area (Å²) in [4.78, 5) is 0. The zero-order chi connectivity index (χ0) is 42.1. The maximum absolute atomic E-state index is 2.52. The quantitative estimate of drug-likeness (QED) is 0.148. The van der Waals surface area contributed by atoms with Gasteiger partial charge in [0.2, 0.25) is 0 Å². The van der Waals surface area contributed by atoms with Crippen molar-refractivity contribution < 1.29 is 0 Å². The molecule has 0 saturated heterocycles. The lowest BCUT2D eigenvalue weighted by Crippen LogP contribution is -2.02. The number of hydrogen-bond acceptors (Lipinski definition) is 0. The van der Waals surface area contributed by atoms with E-state index < -0.39 is 0 Å². The number of allylic oxidation sites excluding steroid dienone is 8. The molecular weight excluding hydrogens is 773 g/mol. The molecule has 0 atom stereocenters. The molecular formula is C62H44N2. The molecule has 0 aliphatic heterocycles. The Morgan fingerprint density at radius 3 is 1.33 bits per heavy atom. The highest BCUT2D eigenvalue weighted by Gasteiger charge is 2.21. The Bertz CT molecular complexity index is 3810. The summed E-state index contributed by atoms with van der Waals surface area (Å²) in [5, 5.41) is 12.5. The van der Waals surface area contributed by atoms with Gasteiger partial charge < -0.3 is 9.13 Å². The number of rotatable bonds is 6. The molecule has 2 heteroatoms. The number of benzene rings is 9. The van der Waals surface area contributed by atoms with Crippen molar-refractivity contribution in [3.8, 4) is 22.6 Å². The third-order valence-electron chi connectivity index (χ3n) is 13.8. The molecule has 0 fully saturated rings. The third kappa shape index (κ3) is 6.25. The Morgan fingerprint density at radius 2 is 0.766 bits per heavy atom. The summed E-state index contributed by atoms with van der Waals surface area (Å²) in [6.45, 7) is 0. The van der Waals surface area contributed by atoms with Crippen LogP contribution in [0.1, 0.15) is 42.5 Å². The van der Waals surface area contributed by atoms with Crippen molar-refractivity contribution in [2.45, 2.75) is 25.7 Å². The summed E-state index contributed by atoms with van der Waals surface area (Å²) in [5.41, 5.74) is 15.1. The van der Waals surface area contributed by atoms with Crippen molar-refractivity contribution in [2.24, 2.45) is 0 Å². The minimum absolute atomic E-state index is 0.972. The van der Waals surface area contributed by atoms with Crippen LogP contribution in [0.4, 0.5) is 0 Å². The Balaban J connectivity index is 1.03. The summed E-state index contributed by atoms with van der Waals surface area (Å²) < 4.78 is 5.02. The normalized spacial score (nSPS) is 14.2. The summed E-state index contributed by atoms with van der Waals surface area (Å²) >= 11 is 0. The van der Waals surface area contributed by atoms with Crippen molar-refractivity contribution in [2.75, 3.05) is 0 Å². The molecule has 0 radical (unpaired) electrons. The molecule has 2 aromatic heterocycles. The largest absolute Gasteiger partial charge is 0.310 e. The fourth-order valence-electron chi connectivity index (χ4n) is 10.5. The SMILES string of the molecule is C1=CCCC(c2ccc(-c3cc4cc5c(cc(C6=CC=C(c7ccccc7)CC6)n5-c5ccc6cc7ccccc7cc6c5)cc4n3-c3ccc4cc5ccccc5cc4c3)cc2)=C1. The first-order valence-electron chi connectivity index (χ1n) is 22.7. The molecule has 9 aromatic carbocycles.